The van der Waals surface area contributed by atoms with E-state index in [4.69, 9.17) is 10.5 Å². The Morgan fingerprint density at radius 1 is 0.905 bits per heavy atom. The molecule has 3 aromatic rings. The molecule has 2 N–H and O–H groups in total. The van der Waals surface area contributed by atoms with Gasteiger partial charge in [0.1, 0.15) is 12.4 Å². The summed E-state index contributed by atoms with van der Waals surface area (Å²) in [4.78, 5) is 0. The van der Waals surface area contributed by atoms with Crippen LogP contribution in [0.15, 0.2) is 66.7 Å². The van der Waals surface area contributed by atoms with Crippen LogP contribution in [0.25, 0.3) is 10.8 Å². The van der Waals surface area contributed by atoms with Crippen molar-refractivity contribution in [3.63, 3.8) is 0 Å². The van der Waals surface area contributed by atoms with Crippen LogP contribution in [-0.2, 0) is 0 Å². The van der Waals surface area contributed by atoms with E-state index in [2.05, 4.69) is 43.3 Å². The minimum atomic E-state index is -0.113. The van der Waals surface area contributed by atoms with Crippen LogP contribution in [0.1, 0.15) is 17.2 Å². The van der Waals surface area contributed by atoms with Crippen molar-refractivity contribution in [3.8, 4) is 5.75 Å². The fraction of sp³-hybridized carbons (Fsp3) is 0.158. The standard InChI is InChI=1S/C19H19NO/c1-14-6-2-5-9-18(14)19(20)13-21-17-11-10-15-7-3-4-8-16(15)12-17/h2-12,19H,13,20H2,1H3. The third-order valence-electron chi connectivity index (χ3n) is 3.74. The van der Waals surface area contributed by atoms with E-state index in [9.17, 15) is 0 Å². The smallest absolute Gasteiger partial charge is 0.120 e. The summed E-state index contributed by atoms with van der Waals surface area (Å²) in [5.41, 5.74) is 8.57. The number of fused-ring (bicyclic) bond motifs is 1. The van der Waals surface area contributed by atoms with E-state index in [0.29, 0.717) is 6.61 Å². The molecule has 2 nitrogen and oxygen atoms in total. The first-order valence-electron chi connectivity index (χ1n) is 7.17. The Kier molecular flexibility index (Phi) is 3.89. The zero-order chi connectivity index (χ0) is 14.7. The van der Waals surface area contributed by atoms with Gasteiger partial charge in [0.2, 0.25) is 0 Å². The average molecular weight is 277 g/mol. The van der Waals surface area contributed by atoms with E-state index in [1.165, 1.54) is 16.3 Å². The summed E-state index contributed by atoms with van der Waals surface area (Å²) < 4.78 is 5.86. The average Bonchev–Trinajstić information content (AvgIpc) is 2.53. The van der Waals surface area contributed by atoms with Gasteiger partial charge in [0, 0.05) is 0 Å². The second kappa shape index (κ2) is 5.98. The molecule has 2 heteroatoms. The van der Waals surface area contributed by atoms with Crippen LogP contribution in [0.2, 0.25) is 0 Å². The molecule has 0 heterocycles. The highest BCUT2D eigenvalue weighted by Gasteiger charge is 2.09. The molecular weight excluding hydrogens is 258 g/mol. The second-order valence-corrected chi connectivity index (χ2v) is 5.28. The summed E-state index contributed by atoms with van der Waals surface area (Å²) in [6.07, 6.45) is 0. The molecule has 0 saturated carbocycles. The van der Waals surface area contributed by atoms with Crippen LogP contribution in [0, 0.1) is 6.92 Å². The Balaban J connectivity index is 1.73. The minimum Gasteiger partial charge on any atom is -0.492 e. The zero-order valence-electron chi connectivity index (χ0n) is 12.1. The molecular formula is C19H19NO. The lowest BCUT2D eigenvalue weighted by Gasteiger charge is -2.16. The van der Waals surface area contributed by atoms with Crippen molar-refractivity contribution < 1.29 is 4.74 Å². The van der Waals surface area contributed by atoms with Crippen molar-refractivity contribution >= 4 is 10.8 Å². The van der Waals surface area contributed by atoms with Crippen molar-refractivity contribution in [2.24, 2.45) is 5.73 Å². The highest BCUT2D eigenvalue weighted by Crippen LogP contribution is 2.22. The van der Waals surface area contributed by atoms with E-state index in [1.807, 2.05) is 30.3 Å². The normalized spacial score (nSPS) is 12.3. The number of hydrogen-bond acceptors (Lipinski definition) is 2. The molecule has 3 rings (SSSR count). The Morgan fingerprint density at radius 2 is 1.62 bits per heavy atom. The molecule has 106 valence electrons. The van der Waals surface area contributed by atoms with Gasteiger partial charge in [-0.05, 0) is 41.0 Å². The van der Waals surface area contributed by atoms with Gasteiger partial charge in [0.25, 0.3) is 0 Å². The molecule has 0 bridgehead atoms. The molecule has 3 aromatic carbocycles. The van der Waals surface area contributed by atoms with Gasteiger partial charge in [-0.3, -0.25) is 0 Å². The van der Waals surface area contributed by atoms with E-state index in [1.54, 1.807) is 0 Å². The predicted molar refractivity (Wildman–Crippen MR) is 87.6 cm³/mol. The van der Waals surface area contributed by atoms with Crippen molar-refractivity contribution in [2.45, 2.75) is 13.0 Å². The van der Waals surface area contributed by atoms with Crippen molar-refractivity contribution in [1.82, 2.24) is 0 Å². The second-order valence-electron chi connectivity index (χ2n) is 5.28. The molecule has 0 aliphatic rings. The quantitative estimate of drug-likeness (QED) is 0.774. The van der Waals surface area contributed by atoms with Gasteiger partial charge < -0.3 is 10.5 Å². The lowest BCUT2D eigenvalue weighted by Crippen LogP contribution is -2.19. The lowest BCUT2D eigenvalue weighted by atomic mass is 10.0. The molecule has 0 spiro atoms. The van der Waals surface area contributed by atoms with Crippen molar-refractivity contribution in [2.75, 3.05) is 6.61 Å². The van der Waals surface area contributed by atoms with Gasteiger partial charge in [-0.2, -0.15) is 0 Å². The van der Waals surface area contributed by atoms with Gasteiger partial charge in [-0.25, -0.2) is 0 Å². The SMILES string of the molecule is Cc1ccccc1C(N)COc1ccc2ccccc2c1. The monoisotopic (exact) mass is 277 g/mol. The van der Waals surface area contributed by atoms with Crippen molar-refractivity contribution in [3.05, 3.63) is 77.9 Å². The molecule has 1 atom stereocenters. The number of benzene rings is 3. The first-order valence-corrected chi connectivity index (χ1v) is 7.17. The predicted octanol–water partition coefficient (Wildman–Crippen LogP) is 4.23. The number of rotatable bonds is 4. The maximum Gasteiger partial charge on any atom is 0.120 e. The van der Waals surface area contributed by atoms with Gasteiger partial charge in [0.05, 0.1) is 6.04 Å². The highest BCUT2D eigenvalue weighted by molar-refractivity contribution is 5.83. The summed E-state index contributed by atoms with van der Waals surface area (Å²) in [6.45, 7) is 2.55. The Labute approximate surface area is 125 Å². The molecule has 0 saturated heterocycles. The largest absolute Gasteiger partial charge is 0.492 e. The minimum absolute atomic E-state index is 0.113. The molecule has 0 aromatic heterocycles. The van der Waals surface area contributed by atoms with E-state index in [0.717, 1.165) is 11.3 Å². The third-order valence-corrected chi connectivity index (χ3v) is 3.74. The fourth-order valence-corrected chi connectivity index (χ4v) is 2.54. The molecule has 0 aliphatic carbocycles. The van der Waals surface area contributed by atoms with Gasteiger partial charge in [-0.1, -0.05) is 54.6 Å². The van der Waals surface area contributed by atoms with Gasteiger partial charge in [0.15, 0.2) is 0 Å². The number of hydrogen-bond donors (Lipinski definition) is 1. The zero-order valence-corrected chi connectivity index (χ0v) is 12.1. The lowest BCUT2D eigenvalue weighted by molar-refractivity contribution is 0.290. The topological polar surface area (TPSA) is 35.2 Å². The first-order chi connectivity index (χ1) is 10.2. The third kappa shape index (κ3) is 3.06. The summed E-state index contributed by atoms with van der Waals surface area (Å²) in [5.74, 6) is 0.859. The number of aryl methyl sites for hydroxylation is 1. The highest BCUT2D eigenvalue weighted by atomic mass is 16.5. The van der Waals surface area contributed by atoms with Crippen LogP contribution < -0.4 is 10.5 Å². The van der Waals surface area contributed by atoms with Crippen LogP contribution in [0.5, 0.6) is 5.75 Å². The number of ether oxygens (including phenoxy) is 1. The Bertz CT molecular complexity index is 751. The van der Waals surface area contributed by atoms with E-state index < -0.39 is 0 Å². The fourth-order valence-electron chi connectivity index (χ4n) is 2.54. The first kappa shape index (κ1) is 13.7. The van der Waals surface area contributed by atoms with E-state index in [-0.39, 0.29) is 6.04 Å². The van der Waals surface area contributed by atoms with Crippen molar-refractivity contribution in [1.29, 1.82) is 0 Å². The molecule has 0 amide bonds. The van der Waals surface area contributed by atoms with Crippen LogP contribution in [-0.4, -0.2) is 6.61 Å². The maximum atomic E-state index is 6.23. The molecule has 1 unspecified atom stereocenters. The van der Waals surface area contributed by atoms with E-state index >= 15 is 0 Å². The van der Waals surface area contributed by atoms with Gasteiger partial charge >= 0.3 is 0 Å². The Morgan fingerprint density at radius 3 is 2.43 bits per heavy atom. The maximum absolute atomic E-state index is 6.23. The van der Waals surface area contributed by atoms with Crippen LogP contribution >= 0.6 is 0 Å². The summed E-state index contributed by atoms with van der Waals surface area (Å²) >= 11 is 0. The summed E-state index contributed by atoms with van der Waals surface area (Å²) in [6, 6.07) is 22.4. The van der Waals surface area contributed by atoms with Crippen LogP contribution in [0.3, 0.4) is 0 Å². The Hall–Kier alpha value is -2.32. The molecule has 21 heavy (non-hydrogen) atoms. The van der Waals surface area contributed by atoms with Crippen LogP contribution in [0.4, 0.5) is 0 Å². The number of nitrogens with two attached hydrogens (primary N) is 1. The summed E-state index contributed by atoms with van der Waals surface area (Å²) in [7, 11) is 0. The molecule has 0 radical (unpaired) electrons. The molecule has 0 fully saturated rings. The van der Waals surface area contributed by atoms with Gasteiger partial charge in [-0.15, -0.1) is 0 Å². The summed E-state index contributed by atoms with van der Waals surface area (Å²) in [5, 5.41) is 2.40. The molecule has 0 aliphatic heterocycles.